The molecule has 0 saturated heterocycles. The summed E-state index contributed by atoms with van der Waals surface area (Å²) >= 11 is 0. The quantitative estimate of drug-likeness (QED) is 0.823. The fourth-order valence-electron chi connectivity index (χ4n) is 2.66. The van der Waals surface area contributed by atoms with E-state index in [9.17, 15) is 4.79 Å². The lowest BCUT2D eigenvalue weighted by Gasteiger charge is -2.15. The van der Waals surface area contributed by atoms with Gasteiger partial charge >= 0.3 is 0 Å². The zero-order valence-electron chi connectivity index (χ0n) is 14.2. The molecule has 0 aliphatic carbocycles. The van der Waals surface area contributed by atoms with Gasteiger partial charge in [0, 0.05) is 5.69 Å². The predicted molar refractivity (Wildman–Crippen MR) is 95.1 cm³/mol. The average Bonchev–Trinajstić information content (AvgIpc) is 2.60. The van der Waals surface area contributed by atoms with Crippen molar-refractivity contribution in [3.05, 3.63) is 59.2 Å². The topological polar surface area (TPSA) is 38.3 Å². The maximum atomic E-state index is 12.3. The van der Waals surface area contributed by atoms with E-state index in [-0.39, 0.29) is 12.5 Å². The molecule has 23 heavy (non-hydrogen) atoms. The van der Waals surface area contributed by atoms with Gasteiger partial charge in [-0.3, -0.25) is 4.79 Å². The molecule has 0 radical (unpaired) electrons. The second-order valence-corrected chi connectivity index (χ2v) is 5.46. The Kier molecular flexibility index (Phi) is 6.21. The molecular formula is C20H25NO2. The van der Waals surface area contributed by atoms with Crippen LogP contribution < -0.4 is 10.1 Å². The molecule has 0 aromatic heterocycles. The van der Waals surface area contributed by atoms with Crippen LogP contribution in [-0.4, -0.2) is 12.5 Å². The fraction of sp³-hybridized carbons (Fsp3) is 0.350. The summed E-state index contributed by atoms with van der Waals surface area (Å²) in [6.07, 6.45) is 2.67. The Morgan fingerprint density at radius 2 is 1.43 bits per heavy atom. The first kappa shape index (κ1) is 17.1. The lowest BCUT2D eigenvalue weighted by molar-refractivity contribution is -0.118. The Hall–Kier alpha value is -2.29. The molecule has 0 saturated carbocycles. The van der Waals surface area contributed by atoms with Crippen LogP contribution in [0.25, 0.3) is 0 Å². The number of rotatable bonds is 7. The molecule has 2 aromatic rings. The first-order chi connectivity index (χ1) is 11.2. The van der Waals surface area contributed by atoms with Crippen LogP contribution in [0.3, 0.4) is 0 Å². The first-order valence-electron chi connectivity index (χ1n) is 8.30. The average molecular weight is 311 g/mol. The van der Waals surface area contributed by atoms with Gasteiger partial charge in [0.2, 0.25) is 0 Å². The lowest BCUT2D eigenvalue weighted by Crippen LogP contribution is -2.22. The standard InChI is InChI=1S/C20H25NO2/c1-4-15-10-7-8-13-18(15)23-14-19(22)21-20-16(5-2)11-9-12-17(20)6-3/h7-13H,4-6,14H2,1-3H3,(H,21,22). The van der Waals surface area contributed by atoms with Gasteiger partial charge in [-0.1, -0.05) is 57.2 Å². The molecule has 0 bridgehead atoms. The first-order valence-corrected chi connectivity index (χ1v) is 8.30. The SMILES string of the molecule is CCc1ccccc1OCC(=O)Nc1c(CC)cccc1CC. The van der Waals surface area contributed by atoms with E-state index in [0.29, 0.717) is 0 Å². The Labute approximate surface area is 138 Å². The number of carbonyl (C=O) groups excluding carboxylic acids is 1. The molecule has 1 amide bonds. The number of amides is 1. The van der Waals surface area contributed by atoms with Crippen molar-refractivity contribution in [1.29, 1.82) is 0 Å². The zero-order chi connectivity index (χ0) is 16.7. The minimum atomic E-state index is -0.119. The summed E-state index contributed by atoms with van der Waals surface area (Å²) in [5.41, 5.74) is 4.37. The number of aryl methyl sites for hydroxylation is 3. The minimum absolute atomic E-state index is 0.0260. The van der Waals surface area contributed by atoms with Crippen LogP contribution in [0.15, 0.2) is 42.5 Å². The van der Waals surface area contributed by atoms with E-state index in [0.717, 1.165) is 47.4 Å². The van der Waals surface area contributed by atoms with Crippen molar-refractivity contribution in [2.75, 3.05) is 11.9 Å². The van der Waals surface area contributed by atoms with Crippen molar-refractivity contribution in [2.24, 2.45) is 0 Å². The van der Waals surface area contributed by atoms with Crippen LogP contribution in [0.4, 0.5) is 5.69 Å². The zero-order valence-corrected chi connectivity index (χ0v) is 14.2. The summed E-state index contributed by atoms with van der Waals surface area (Å²) in [6.45, 7) is 6.29. The highest BCUT2D eigenvalue weighted by Gasteiger charge is 2.11. The van der Waals surface area contributed by atoms with Gasteiger partial charge in [0.25, 0.3) is 5.91 Å². The second kappa shape index (κ2) is 8.37. The lowest BCUT2D eigenvalue weighted by atomic mass is 10.0. The number of benzene rings is 2. The molecule has 0 aliphatic rings. The van der Waals surface area contributed by atoms with Crippen molar-refractivity contribution in [1.82, 2.24) is 0 Å². The van der Waals surface area contributed by atoms with Crippen molar-refractivity contribution < 1.29 is 9.53 Å². The molecule has 0 spiro atoms. The molecule has 0 heterocycles. The molecule has 122 valence electrons. The number of ether oxygens (including phenoxy) is 1. The summed E-state index contributed by atoms with van der Waals surface area (Å²) in [5.74, 6) is 0.663. The summed E-state index contributed by atoms with van der Waals surface area (Å²) in [4.78, 5) is 12.3. The van der Waals surface area contributed by atoms with Gasteiger partial charge in [0.05, 0.1) is 0 Å². The Balaban J connectivity index is 2.06. The maximum absolute atomic E-state index is 12.3. The molecule has 0 fully saturated rings. The van der Waals surface area contributed by atoms with Crippen LogP contribution >= 0.6 is 0 Å². The summed E-state index contributed by atoms with van der Waals surface area (Å²) in [7, 11) is 0. The van der Waals surface area contributed by atoms with Gasteiger partial charge in [-0.25, -0.2) is 0 Å². The Bertz CT molecular complexity index is 642. The minimum Gasteiger partial charge on any atom is -0.483 e. The van der Waals surface area contributed by atoms with Gasteiger partial charge in [-0.05, 0) is 42.0 Å². The largest absolute Gasteiger partial charge is 0.483 e. The monoisotopic (exact) mass is 311 g/mol. The molecular weight excluding hydrogens is 286 g/mol. The molecule has 0 atom stereocenters. The third-order valence-electron chi connectivity index (χ3n) is 3.98. The number of hydrogen-bond acceptors (Lipinski definition) is 2. The summed E-state index contributed by atoms with van der Waals surface area (Å²) < 4.78 is 5.70. The van der Waals surface area contributed by atoms with Gasteiger partial charge in [0.1, 0.15) is 5.75 Å². The predicted octanol–water partition coefficient (Wildman–Crippen LogP) is 4.39. The molecule has 2 aromatic carbocycles. The Morgan fingerprint density at radius 3 is 2.04 bits per heavy atom. The fourth-order valence-corrected chi connectivity index (χ4v) is 2.66. The molecule has 2 rings (SSSR count). The van der Waals surface area contributed by atoms with Gasteiger partial charge in [-0.15, -0.1) is 0 Å². The van der Waals surface area contributed by atoms with Gasteiger partial charge < -0.3 is 10.1 Å². The highest BCUT2D eigenvalue weighted by Crippen LogP contribution is 2.23. The Morgan fingerprint density at radius 1 is 0.870 bits per heavy atom. The van der Waals surface area contributed by atoms with E-state index in [1.807, 2.05) is 30.3 Å². The maximum Gasteiger partial charge on any atom is 0.262 e. The molecule has 3 nitrogen and oxygen atoms in total. The molecule has 0 unspecified atom stereocenters. The molecule has 0 aliphatic heterocycles. The van der Waals surface area contributed by atoms with Crippen LogP contribution in [0.1, 0.15) is 37.5 Å². The summed E-state index contributed by atoms with van der Waals surface area (Å²) in [6, 6.07) is 14.0. The van der Waals surface area contributed by atoms with Crippen molar-refractivity contribution in [2.45, 2.75) is 40.0 Å². The van der Waals surface area contributed by atoms with Gasteiger partial charge in [-0.2, -0.15) is 0 Å². The van der Waals surface area contributed by atoms with E-state index in [1.165, 1.54) is 0 Å². The van der Waals surface area contributed by atoms with Crippen LogP contribution in [-0.2, 0) is 24.1 Å². The number of nitrogens with one attached hydrogen (secondary N) is 1. The van der Waals surface area contributed by atoms with Crippen LogP contribution in [0, 0.1) is 0 Å². The third-order valence-corrected chi connectivity index (χ3v) is 3.98. The van der Waals surface area contributed by atoms with E-state index in [2.05, 4.69) is 38.2 Å². The van der Waals surface area contributed by atoms with E-state index < -0.39 is 0 Å². The van der Waals surface area contributed by atoms with E-state index >= 15 is 0 Å². The van der Waals surface area contributed by atoms with E-state index in [1.54, 1.807) is 0 Å². The molecule has 3 heteroatoms. The number of hydrogen-bond donors (Lipinski definition) is 1. The van der Waals surface area contributed by atoms with Crippen LogP contribution in [0.5, 0.6) is 5.75 Å². The number of anilines is 1. The normalized spacial score (nSPS) is 10.4. The smallest absolute Gasteiger partial charge is 0.262 e. The molecule has 1 N–H and O–H groups in total. The van der Waals surface area contributed by atoms with Gasteiger partial charge in [0.15, 0.2) is 6.61 Å². The highest BCUT2D eigenvalue weighted by atomic mass is 16.5. The summed E-state index contributed by atoms with van der Waals surface area (Å²) in [5, 5.41) is 3.02. The number of para-hydroxylation sites is 2. The van der Waals surface area contributed by atoms with Crippen molar-refractivity contribution >= 4 is 11.6 Å². The highest BCUT2D eigenvalue weighted by molar-refractivity contribution is 5.93. The van der Waals surface area contributed by atoms with Crippen molar-refractivity contribution in [3.8, 4) is 5.75 Å². The third kappa shape index (κ3) is 4.35. The van der Waals surface area contributed by atoms with Crippen LogP contribution in [0.2, 0.25) is 0 Å². The number of carbonyl (C=O) groups is 1. The van der Waals surface area contributed by atoms with Crippen molar-refractivity contribution in [3.63, 3.8) is 0 Å². The second-order valence-electron chi connectivity index (χ2n) is 5.46. The van der Waals surface area contributed by atoms with E-state index in [4.69, 9.17) is 4.74 Å².